The van der Waals surface area contributed by atoms with Crippen LogP contribution in [0.2, 0.25) is 0 Å². The number of aliphatic hydroxyl groups excluding tert-OH is 1. The van der Waals surface area contributed by atoms with E-state index in [1.54, 1.807) is 12.1 Å². The largest absolute Gasteiger partial charge is 0.508 e. The Morgan fingerprint density at radius 2 is 1.83 bits per heavy atom. The first kappa shape index (κ1) is 25.1. The number of esters is 1. The highest BCUT2D eigenvalue weighted by molar-refractivity contribution is 7.38. The summed E-state index contributed by atoms with van der Waals surface area (Å²) < 4.78 is 29.9. The van der Waals surface area contributed by atoms with Crippen molar-refractivity contribution in [1.29, 1.82) is 0 Å². The van der Waals surface area contributed by atoms with E-state index in [2.05, 4.69) is 0 Å². The number of aromatic nitrogens is 1. The number of hydrogen-bond donors (Lipinski definition) is 2. The second-order valence-corrected chi connectivity index (χ2v) is 9.90. The van der Waals surface area contributed by atoms with Gasteiger partial charge in [0.1, 0.15) is 11.9 Å². The van der Waals surface area contributed by atoms with Crippen molar-refractivity contribution in [1.82, 2.24) is 4.98 Å². The lowest BCUT2D eigenvalue weighted by Crippen LogP contribution is -2.19. The molecule has 1 aliphatic rings. The number of ether oxygens (including phenoxy) is 1. The fourth-order valence-corrected chi connectivity index (χ4v) is 4.83. The number of carbonyl (C=O) groups is 1. The molecule has 1 fully saturated rings. The molecule has 0 spiro atoms. The molecular weight excluding hydrogens is 468 g/mol. The summed E-state index contributed by atoms with van der Waals surface area (Å²) in [6.07, 6.45) is 0.553. The van der Waals surface area contributed by atoms with Crippen LogP contribution in [0.3, 0.4) is 0 Å². The van der Waals surface area contributed by atoms with Gasteiger partial charge in [0.25, 0.3) is 0 Å². The molecule has 1 aromatic heterocycles. The smallest absolute Gasteiger partial charge is 0.465 e. The van der Waals surface area contributed by atoms with Crippen LogP contribution >= 0.6 is 8.03 Å². The molecule has 0 radical (unpaired) electrons. The minimum atomic E-state index is -2.53. The Balaban J connectivity index is 1.67. The molecule has 182 valence electrons. The van der Waals surface area contributed by atoms with Crippen LogP contribution in [0.1, 0.15) is 42.0 Å². The minimum absolute atomic E-state index is 0.0799. The van der Waals surface area contributed by atoms with Crippen molar-refractivity contribution < 1.29 is 28.5 Å². The van der Waals surface area contributed by atoms with E-state index < -0.39 is 20.1 Å². The Morgan fingerprint density at radius 1 is 1.14 bits per heavy atom. The van der Waals surface area contributed by atoms with Crippen molar-refractivity contribution in [3.05, 3.63) is 77.2 Å². The molecule has 35 heavy (non-hydrogen) atoms. The summed E-state index contributed by atoms with van der Waals surface area (Å²) in [6.45, 7) is 2.09. The highest BCUT2D eigenvalue weighted by atomic mass is 31.1. The van der Waals surface area contributed by atoms with Crippen LogP contribution in [0.25, 0.3) is 22.4 Å². The topological polar surface area (TPSA) is 96.7 Å². The van der Waals surface area contributed by atoms with Gasteiger partial charge >= 0.3 is 14.0 Å². The van der Waals surface area contributed by atoms with Crippen molar-refractivity contribution in [2.24, 2.45) is 0 Å². The van der Waals surface area contributed by atoms with Crippen molar-refractivity contribution in [3.63, 3.8) is 0 Å². The zero-order valence-electron chi connectivity index (χ0n) is 19.5. The highest BCUT2D eigenvalue weighted by Gasteiger charge is 2.31. The third kappa shape index (κ3) is 6.37. The van der Waals surface area contributed by atoms with Crippen LogP contribution < -0.4 is 0 Å². The number of aliphatic hydroxyl groups is 1. The predicted octanol–water partition coefficient (Wildman–Crippen LogP) is 5.31. The first-order chi connectivity index (χ1) is 16.8. The number of pyridine rings is 1. The number of nitrogens with zero attached hydrogens (tertiary/aromatic N) is 1. The fraction of sp³-hybridized carbons (Fsp3) is 0.333. The first-order valence-electron chi connectivity index (χ1n) is 11.7. The van der Waals surface area contributed by atoms with Crippen molar-refractivity contribution in [2.75, 3.05) is 12.8 Å². The van der Waals surface area contributed by atoms with Gasteiger partial charge in [-0.25, -0.2) is 4.39 Å². The van der Waals surface area contributed by atoms with Gasteiger partial charge in [-0.2, -0.15) is 4.89 Å². The van der Waals surface area contributed by atoms with Gasteiger partial charge < -0.3 is 9.84 Å². The number of benzene rings is 2. The Morgan fingerprint density at radius 3 is 2.46 bits per heavy atom. The monoisotopic (exact) mass is 496 g/mol. The number of carbonyl (C=O) groups excluding carboxylic acids is 1. The van der Waals surface area contributed by atoms with Crippen LogP contribution in [0.4, 0.5) is 4.39 Å². The lowest BCUT2D eigenvalue weighted by Gasteiger charge is -2.21. The van der Waals surface area contributed by atoms with Crippen LogP contribution in [0, 0.1) is 12.7 Å². The summed E-state index contributed by atoms with van der Waals surface area (Å²) in [5, 5.41) is 9.74. The summed E-state index contributed by atoms with van der Waals surface area (Å²) in [5.74, 6) is -0.619. The predicted molar refractivity (Wildman–Crippen MR) is 132 cm³/mol. The van der Waals surface area contributed by atoms with E-state index in [1.165, 1.54) is 12.1 Å². The third-order valence-electron chi connectivity index (χ3n) is 6.10. The van der Waals surface area contributed by atoms with Gasteiger partial charge in [-0.05, 0) is 58.7 Å². The number of halogens is 1. The summed E-state index contributed by atoms with van der Waals surface area (Å²) >= 11 is 0. The third-order valence-corrected chi connectivity index (χ3v) is 6.84. The van der Waals surface area contributed by atoms with E-state index in [-0.39, 0.29) is 25.0 Å². The standard InChI is InChI=1S/C27H27FNO5P/c1-17-25(18-9-11-21(28)12-10-18)23(13-14-34-24(31)15-22(30)16-35(32)33)27(20-7-8-20)29-26(17)19-5-3-2-4-6-19/h2-6,9-12,20,22,30H,7-8,13-16H2,1H3/p+1. The van der Waals surface area contributed by atoms with E-state index in [1.807, 2.05) is 37.3 Å². The van der Waals surface area contributed by atoms with E-state index >= 15 is 0 Å². The average molecular weight is 496 g/mol. The van der Waals surface area contributed by atoms with E-state index in [0.717, 1.165) is 52.0 Å². The second-order valence-electron chi connectivity index (χ2n) is 8.83. The molecule has 3 aromatic rings. The first-order valence-corrected chi connectivity index (χ1v) is 13.0. The van der Waals surface area contributed by atoms with E-state index in [9.17, 15) is 18.9 Å². The molecule has 6 nitrogen and oxygen atoms in total. The maximum atomic E-state index is 13.7. The maximum Gasteiger partial charge on any atom is 0.508 e. The molecule has 2 N–H and O–H groups in total. The minimum Gasteiger partial charge on any atom is -0.465 e. The quantitative estimate of drug-likeness (QED) is 0.292. The molecular formula is C27H28FNO5P+. The summed E-state index contributed by atoms with van der Waals surface area (Å²) in [4.78, 5) is 26.1. The van der Waals surface area contributed by atoms with Gasteiger partial charge in [-0.3, -0.25) is 9.78 Å². The number of rotatable bonds is 10. The molecule has 8 heteroatoms. The Bertz CT molecular complexity index is 1210. The van der Waals surface area contributed by atoms with E-state index in [0.29, 0.717) is 12.3 Å². The molecule has 2 unspecified atom stereocenters. The number of hydrogen-bond acceptors (Lipinski definition) is 5. The Labute approximate surface area is 204 Å². The van der Waals surface area contributed by atoms with E-state index in [4.69, 9.17) is 14.6 Å². The lowest BCUT2D eigenvalue weighted by molar-refractivity contribution is -0.145. The summed E-state index contributed by atoms with van der Waals surface area (Å²) in [6, 6.07) is 16.3. The zero-order chi connectivity index (χ0) is 24.9. The molecule has 0 aliphatic heterocycles. The summed E-state index contributed by atoms with van der Waals surface area (Å²) in [5.41, 5.74) is 6.64. The molecule has 1 aliphatic carbocycles. The van der Waals surface area contributed by atoms with Crippen molar-refractivity contribution in [2.45, 2.75) is 44.6 Å². The molecule has 1 saturated carbocycles. The molecule has 2 aromatic carbocycles. The summed E-state index contributed by atoms with van der Waals surface area (Å²) in [7, 11) is -2.53. The van der Waals surface area contributed by atoms with Crippen molar-refractivity contribution >= 4 is 14.0 Å². The Hall–Kier alpha value is -2.99. The molecule has 4 rings (SSSR count). The van der Waals surface area contributed by atoms with Crippen LogP contribution in [0.5, 0.6) is 0 Å². The van der Waals surface area contributed by atoms with Gasteiger partial charge in [-0.15, -0.1) is 0 Å². The van der Waals surface area contributed by atoms with Crippen LogP contribution in [-0.4, -0.2) is 39.8 Å². The van der Waals surface area contributed by atoms with Crippen LogP contribution in [0.15, 0.2) is 54.6 Å². The molecule has 0 bridgehead atoms. The molecule has 0 amide bonds. The van der Waals surface area contributed by atoms with Gasteiger partial charge in [0, 0.05) is 23.6 Å². The lowest BCUT2D eigenvalue weighted by atomic mass is 9.89. The SMILES string of the molecule is Cc1c(-c2ccccc2)nc(C2CC2)c(CCOC(=O)CC(O)C[P+](=O)O)c1-c1ccc(F)cc1. The van der Waals surface area contributed by atoms with Gasteiger partial charge in [0.15, 0.2) is 0 Å². The average Bonchev–Trinajstić information content (AvgIpc) is 3.65. The normalized spacial score (nSPS) is 14.5. The van der Waals surface area contributed by atoms with Gasteiger partial charge in [0.2, 0.25) is 6.16 Å². The van der Waals surface area contributed by atoms with Crippen LogP contribution in [-0.2, 0) is 20.5 Å². The molecule has 0 saturated heterocycles. The molecule has 2 atom stereocenters. The highest BCUT2D eigenvalue weighted by Crippen LogP contribution is 2.45. The van der Waals surface area contributed by atoms with Gasteiger partial charge in [-0.1, -0.05) is 42.5 Å². The fourth-order valence-electron chi connectivity index (χ4n) is 4.34. The second kappa shape index (κ2) is 11.2. The van der Waals surface area contributed by atoms with Gasteiger partial charge in [0.05, 0.1) is 18.7 Å². The Kier molecular flexibility index (Phi) is 8.01. The zero-order valence-corrected chi connectivity index (χ0v) is 20.4. The molecule has 1 heterocycles. The maximum absolute atomic E-state index is 13.7. The van der Waals surface area contributed by atoms with Crippen molar-refractivity contribution in [3.8, 4) is 22.4 Å².